The van der Waals surface area contributed by atoms with Crippen LogP contribution in [-0.4, -0.2) is 53.9 Å². The molecule has 0 bridgehead atoms. The minimum atomic E-state index is -0.242. The van der Waals surface area contributed by atoms with E-state index in [4.69, 9.17) is 16.3 Å². The third-order valence-electron chi connectivity index (χ3n) is 4.38. The zero-order valence-corrected chi connectivity index (χ0v) is 16.2. The van der Waals surface area contributed by atoms with Crippen molar-refractivity contribution in [1.29, 1.82) is 0 Å². The summed E-state index contributed by atoms with van der Waals surface area (Å²) in [6.07, 6.45) is 1.04. The highest BCUT2D eigenvalue weighted by Gasteiger charge is 2.40. The molecule has 0 aliphatic carbocycles. The number of hydrogen-bond acceptors (Lipinski definition) is 3. The Bertz CT molecular complexity index is 610. The van der Waals surface area contributed by atoms with Crippen molar-refractivity contribution < 1.29 is 14.3 Å². The van der Waals surface area contributed by atoms with Gasteiger partial charge in [-0.05, 0) is 51.5 Å². The SMILES string of the molecule is CN(CCCOc1ccc(Cl)cc1)C(=O)C1CC(=O)N(C(C)(C)C)C1. The van der Waals surface area contributed by atoms with Crippen molar-refractivity contribution >= 4 is 23.4 Å². The lowest BCUT2D eigenvalue weighted by molar-refractivity contribution is -0.134. The summed E-state index contributed by atoms with van der Waals surface area (Å²) >= 11 is 5.83. The first-order chi connectivity index (χ1) is 11.7. The first-order valence-corrected chi connectivity index (χ1v) is 9.00. The highest BCUT2D eigenvalue weighted by atomic mass is 35.5. The van der Waals surface area contributed by atoms with E-state index in [1.54, 1.807) is 29.0 Å². The van der Waals surface area contributed by atoms with E-state index in [1.165, 1.54) is 0 Å². The molecule has 1 atom stereocenters. The monoisotopic (exact) mass is 366 g/mol. The molecule has 0 aromatic heterocycles. The number of amides is 2. The molecule has 2 amide bonds. The van der Waals surface area contributed by atoms with Gasteiger partial charge in [0.05, 0.1) is 12.5 Å². The smallest absolute Gasteiger partial charge is 0.227 e. The van der Waals surface area contributed by atoms with E-state index in [9.17, 15) is 9.59 Å². The minimum Gasteiger partial charge on any atom is -0.494 e. The number of benzene rings is 1. The molecule has 1 saturated heterocycles. The van der Waals surface area contributed by atoms with Crippen molar-refractivity contribution in [2.75, 3.05) is 26.7 Å². The minimum absolute atomic E-state index is 0.0339. The summed E-state index contributed by atoms with van der Waals surface area (Å²) in [6, 6.07) is 7.21. The number of ether oxygens (including phenoxy) is 1. The fourth-order valence-corrected chi connectivity index (χ4v) is 3.09. The van der Waals surface area contributed by atoms with Crippen LogP contribution >= 0.6 is 11.6 Å². The fraction of sp³-hybridized carbons (Fsp3) is 0.579. The molecule has 1 aromatic rings. The molecule has 1 unspecified atom stereocenters. The van der Waals surface area contributed by atoms with Crippen molar-refractivity contribution in [3.63, 3.8) is 0 Å². The molecule has 2 rings (SSSR count). The van der Waals surface area contributed by atoms with Gasteiger partial charge in [0.25, 0.3) is 0 Å². The number of rotatable bonds is 6. The molecular formula is C19H27ClN2O3. The molecule has 1 heterocycles. The van der Waals surface area contributed by atoms with Crippen molar-refractivity contribution in [2.45, 2.75) is 39.2 Å². The fourth-order valence-electron chi connectivity index (χ4n) is 2.97. The predicted octanol–water partition coefficient (Wildman–Crippen LogP) is 3.21. The summed E-state index contributed by atoms with van der Waals surface area (Å²) in [5, 5.41) is 0.674. The molecule has 0 N–H and O–H groups in total. The second-order valence-corrected chi connectivity index (χ2v) is 7.93. The Labute approximate surface area is 154 Å². The average molecular weight is 367 g/mol. The standard InChI is InChI=1S/C19H27ClN2O3/c1-19(2,3)22-13-14(12-17(22)23)18(24)21(4)10-5-11-25-16-8-6-15(20)7-9-16/h6-9,14H,5,10-13H2,1-4H3. The Morgan fingerprint density at radius 3 is 2.52 bits per heavy atom. The maximum Gasteiger partial charge on any atom is 0.227 e. The van der Waals surface area contributed by atoms with E-state index in [2.05, 4.69) is 0 Å². The van der Waals surface area contributed by atoms with Crippen molar-refractivity contribution in [3.8, 4) is 5.75 Å². The second-order valence-electron chi connectivity index (χ2n) is 7.49. The summed E-state index contributed by atoms with van der Waals surface area (Å²) in [4.78, 5) is 28.2. The normalized spacial score (nSPS) is 17.7. The quantitative estimate of drug-likeness (QED) is 0.726. The van der Waals surface area contributed by atoms with Crippen molar-refractivity contribution in [2.24, 2.45) is 5.92 Å². The van der Waals surface area contributed by atoms with Crippen LogP contribution in [0.2, 0.25) is 5.02 Å². The van der Waals surface area contributed by atoms with Gasteiger partial charge in [0.1, 0.15) is 5.75 Å². The van der Waals surface area contributed by atoms with Crippen molar-refractivity contribution in [3.05, 3.63) is 29.3 Å². The highest BCUT2D eigenvalue weighted by molar-refractivity contribution is 6.30. The number of halogens is 1. The lowest BCUT2D eigenvalue weighted by Gasteiger charge is -2.32. The van der Waals surface area contributed by atoms with E-state index < -0.39 is 0 Å². The third kappa shape index (κ3) is 5.36. The molecular weight excluding hydrogens is 340 g/mol. The van der Waals surface area contributed by atoms with Gasteiger partial charge in [-0.1, -0.05) is 11.6 Å². The van der Waals surface area contributed by atoms with Crippen LogP contribution in [0.1, 0.15) is 33.6 Å². The maximum atomic E-state index is 12.6. The molecule has 0 spiro atoms. The van der Waals surface area contributed by atoms with Crippen LogP contribution in [0.4, 0.5) is 0 Å². The van der Waals surface area contributed by atoms with Gasteiger partial charge in [0.15, 0.2) is 0 Å². The van der Waals surface area contributed by atoms with Crippen molar-refractivity contribution in [1.82, 2.24) is 9.80 Å². The Hall–Kier alpha value is -1.75. The molecule has 25 heavy (non-hydrogen) atoms. The van der Waals surface area contributed by atoms with Crippen LogP contribution in [0.15, 0.2) is 24.3 Å². The van der Waals surface area contributed by atoms with Crippen LogP contribution in [0.3, 0.4) is 0 Å². The third-order valence-corrected chi connectivity index (χ3v) is 4.63. The lowest BCUT2D eigenvalue weighted by Crippen LogP contribution is -2.43. The summed E-state index contributed by atoms with van der Waals surface area (Å²) in [5.74, 6) is 0.617. The van der Waals surface area contributed by atoms with E-state index >= 15 is 0 Å². The van der Waals surface area contributed by atoms with Gasteiger partial charge >= 0.3 is 0 Å². The first kappa shape index (κ1) is 19.6. The average Bonchev–Trinajstić information content (AvgIpc) is 2.94. The van der Waals surface area contributed by atoms with E-state index in [-0.39, 0.29) is 23.3 Å². The van der Waals surface area contributed by atoms with E-state index in [1.807, 2.05) is 32.9 Å². The predicted molar refractivity (Wildman–Crippen MR) is 98.8 cm³/mol. The van der Waals surface area contributed by atoms with E-state index in [0.29, 0.717) is 31.1 Å². The lowest BCUT2D eigenvalue weighted by atomic mass is 10.1. The van der Waals surface area contributed by atoms with Gasteiger partial charge in [0, 0.05) is 37.1 Å². The maximum absolute atomic E-state index is 12.6. The Balaban J connectivity index is 1.75. The largest absolute Gasteiger partial charge is 0.494 e. The topological polar surface area (TPSA) is 49.9 Å². The molecule has 6 heteroatoms. The number of nitrogens with zero attached hydrogens (tertiary/aromatic N) is 2. The summed E-state index contributed by atoms with van der Waals surface area (Å²) < 4.78 is 5.64. The Kier molecular flexibility index (Phi) is 6.33. The molecule has 0 saturated carbocycles. The zero-order valence-electron chi connectivity index (χ0n) is 15.4. The number of likely N-dealkylation sites (tertiary alicyclic amines) is 1. The Morgan fingerprint density at radius 1 is 1.32 bits per heavy atom. The van der Waals surface area contributed by atoms with Gasteiger partial charge in [0.2, 0.25) is 11.8 Å². The van der Waals surface area contributed by atoms with Crippen LogP contribution in [0.25, 0.3) is 0 Å². The van der Waals surface area contributed by atoms with Gasteiger partial charge in [-0.2, -0.15) is 0 Å². The summed E-state index contributed by atoms with van der Waals surface area (Å²) in [7, 11) is 1.79. The molecule has 1 aliphatic heterocycles. The molecule has 138 valence electrons. The Morgan fingerprint density at radius 2 is 1.96 bits per heavy atom. The van der Waals surface area contributed by atoms with Crippen LogP contribution < -0.4 is 4.74 Å². The van der Waals surface area contributed by atoms with E-state index in [0.717, 1.165) is 12.2 Å². The van der Waals surface area contributed by atoms with Crippen LogP contribution in [0.5, 0.6) is 5.75 Å². The molecule has 1 aromatic carbocycles. The number of carbonyl (C=O) groups excluding carboxylic acids is 2. The molecule has 1 fully saturated rings. The summed E-state index contributed by atoms with van der Waals surface area (Å²) in [5.41, 5.74) is -0.239. The van der Waals surface area contributed by atoms with Crippen LogP contribution in [-0.2, 0) is 9.59 Å². The number of carbonyl (C=O) groups is 2. The molecule has 1 aliphatic rings. The second kappa shape index (κ2) is 8.09. The van der Waals surface area contributed by atoms with Gasteiger partial charge < -0.3 is 14.5 Å². The van der Waals surface area contributed by atoms with Gasteiger partial charge in [-0.25, -0.2) is 0 Å². The van der Waals surface area contributed by atoms with Gasteiger partial charge in [-0.3, -0.25) is 9.59 Å². The molecule has 0 radical (unpaired) electrons. The summed E-state index contributed by atoms with van der Waals surface area (Å²) in [6.45, 7) is 7.62. The highest BCUT2D eigenvalue weighted by Crippen LogP contribution is 2.26. The first-order valence-electron chi connectivity index (χ1n) is 8.62. The number of hydrogen-bond donors (Lipinski definition) is 0. The molecule has 5 nitrogen and oxygen atoms in total. The van der Waals surface area contributed by atoms with Crippen LogP contribution in [0, 0.1) is 5.92 Å². The van der Waals surface area contributed by atoms with Gasteiger partial charge in [-0.15, -0.1) is 0 Å². The zero-order chi connectivity index (χ0) is 18.6.